The second kappa shape index (κ2) is 8.17. The molecule has 1 fully saturated rings. The zero-order chi connectivity index (χ0) is 18.4. The number of amides is 2. The van der Waals surface area contributed by atoms with E-state index in [0.29, 0.717) is 24.4 Å². The largest absolute Gasteiger partial charge is 0.495 e. The van der Waals surface area contributed by atoms with Gasteiger partial charge in [0.1, 0.15) is 5.75 Å². The molecule has 2 rings (SSSR count). The Kier molecular flexibility index (Phi) is 6.21. The van der Waals surface area contributed by atoms with Gasteiger partial charge in [0.2, 0.25) is 10.0 Å². The van der Waals surface area contributed by atoms with Gasteiger partial charge in [-0.1, -0.05) is 0 Å². The van der Waals surface area contributed by atoms with Gasteiger partial charge in [-0.25, -0.2) is 8.42 Å². The minimum Gasteiger partial charge on any atom is -0.495 e. The van der Waals surface area contributed by atoms with Gasteiger partial charge in [-0.15, -0.1) is 0 Å². The Balaban J connectivity index is 2.25. The number of nitrogens with one attached hydrogen (secondary N) is 2. The molecule has 0 radical (unpaired) electrons. The minimum atomic E-state index is -3.45. The molecule has 0 unspecified atom stereocenters. The van der Waals surface area contributed by atoms with Gasteiger partial charge in [-0.3, -0.25) is 13.9 Å². The number of anilines is 2. The third-order valence-corrected chi connectivity index (χ3v) is 5.51. The Morgan fingerprint density at radius 2 is 2.04 bits per heavy atom. The number of methoxy groups -OCH3 is 1. The first-order chi connectivity index (χ1) is 11.9. The summed E-state index contributed by atoms with van der Waals surface area (Å²) in [6.45, 7) is 0.0116. The standard InChI is InChI=1S/C15H21N3O6S/c1-24-13-5-4-11(17-15(21)14(20)16-6-8-19)10-12(13)18-7-2-3-9-25(18,22)23/h4-5,10,19H,2-3,6-9H2,1H3,(H,16,20)(H,17,21). The number of ether oxygens (including phenoxy) is 1. The van der Waals surface area contributed by atoms with E-state index in [1.807, 2.05) is 0 Å². The number of benzene rings is 1. The predicted molar refractivity (Wildman–Crippen MR) is 92.1 cm³/mol. The van der Waals surface area contributed by atoms with Crippen molar-refractivity contribution >= 4 is 33.2 Å². The molecule has 2 amide bonds. The van der Waals surface area contributed by atoms with Crippen LogP contribution in [-0.4, -0.2) is 57.9 Å². The fraction of sp³-hybridized carbons (Fsp3) is 0.467. The Labute approximate surface area is 146 Å². The van der Waals surface area contributed by atoms with E-state index in [1.165, 1.54) is 29.6 Å². The molecule has 9 nitrogen and oxygen atoms in total. The molecule has 138 valence electrons. The fourth-order valence-electron chi connectivity index (χ4n) is 2.46. The zero-order valence-electron chi connectivity index (χ0n) is 13.8. The van der Waals surface area contributed by atoms with Crippen LogP contribution >= 0.6 is 0 Å². The first kappa shape index (κ1) is 19.0. The van der Waals surface area contributed by atoms with Crippen molar-refractivity contribution in [2.45, 2.75) is 12.8 Å². The van der Waals surface area contributed by atoms with Gasteiger partial charge >= 0.3 is 11.8 Å². The molecule has 0 saturated carbocycles. The highest BCUT2D eigenvalue weighted by Gasteiger charge is 2.28. The predicted octanol–water partition coefficient (Wildman–Crippen LogP) is -0.328. The van der Waals surface area contributed by atoms with Gasteiger partial charge in [-0.05, 0) is 31.0 Å². The van der Waals surface area contributed by atoms with Crippen LogP contribution in [0.3, 0.4) is 0 Å². The fourth-order valence-corrected chi connectivity index (χ4v) is 4.10. The van der Waals surface area contributed by atoms with E-state index in [9.17, 15) is 18.0 Å². The molecule has 0 aliphatic carbocycles. The van der Waals surface area contributed by atoms with Crippen molar-refractivity contribution in [3.05, 3.63) is 18.2 Å². The number of nitrogens with zero attached hydrogens (tertiary/aromatic N) is 1. The van der Waals surface area contributed by atoms with Crippen LogP contribution in [-0.2, 0) is 19.6 Å². The monoisotopic (exact) mass is 371 g/mol. The summed E-state index contributed by atoms with van der Waals surface area (Å²) in [5, 5.41) is 13.3. The van der Waals surface area contributed by atoms with E-state index in [-0.39, 0.29) is 24.6 Å². The third-order valence-electron chi connectivity index (χ3n) is 3.66. The first-order valence-electron chi connectivity index (χ1n) is 7.77. The van der Waals surface area contributed by atoms with Crippen LogP contribution in [0.2, 0.25) is 0 Å². The van der Waals surface area contributed by atoms with Gasteiger partial charge < -0.3 is 20.5 Å². The summed E-state index contributed by atoms with van der Waals surface area (Å²) in [6.07, 6.45) is 1.32. The normalized spacial score (nSPS) is 16.2. The molecule has 3 N–H and O–H groups in total. The Morgan fingerprint density at radius 3 is 2.68 bits per heavy atom. The van der Waals surface area contributed by atoms with Crippen LogP contribution in [0.4, 0.5) is 11.4 Å². The molecule has 10 heteroatoms. The van der Waals surface area contributed by atoms with E-state index in [1.54, 1.807) is 0 Å². The minimum absolute atomic E-state index is 0.0356. The number of hydrogen-bond donors (Lipinski definition) is 3. The van der Waals surface area contributed by atoms with E-state index < -0.39 is 21.8 Å². The van der Waals surface area contributed by atoms with Crippen molar-refractivity contribution in [1.82, 2.24) is 5.32 Å². The van der Waals surface area contributed by atoms with Gasteiger partial charge in [0.05, 0.1) is 25.2 Å². The molecule has 25 heavy (non-hydrogen) atoms. The lowest BCUT2D eigenvalue weighted by atomic mass is 10.2. The number of aliphatic hydroxyl groups is 1. The highest BCUT2D eigenvalue weighted by molar-refractivity contribution is 7.92. The van der Waals surface area contributed by atoms with Crippen LogP contribution in [0.1, 0.15) is 12.8 Å². The maximum absolute atomic E-state index is 12.3. The van der Waals surface area contributed by atoms with Gasteiger partial charge in [0, 0.05) is 18.8 Å². The molecule has 0 spiro atoms. The molecule has 0 aromatic heterocycles. The Hall–Kier alpha value is -2.33. The summed E-state index contributed by atoms with van der Waals surface area (Å²) in [5.41, 5.74) is 0.580. The number of hydrogen-bond acceptors (Lipinski definition) is 6. The first-order valence-corrected chi connectivity index (χ1v) is 9.38. The molecular weight excluding hydrogens is 350 g/mol. The second-order valence-corrected chi connectivity index (χ2v) is 7.43. The maximum atomic E-state index is 12.3. The summed E-state index contributed by atoms with van der Waals surface area (Å²) in [7, 11) is -2.02. The van der Waals surface area contributed by atoms with Crippen LogP contribution in [0.25, 0.3) is 0 Å². The number of sulfonamides is 1. The maximum Gasteiger partial charge on any atom is 0.313 e. The van der Waals surface area contributed by atoms with Crippen LogP contribution in [0.15, 0.2) is 18.2 Å². The summed E-state index contributed by atoms with van der Waals surface area (Å²) in [4.78, 5) is 23.4. The van der Waals surface area contributed by atoms with E-state index in [0.717, 1.165) is 6.42 Å². The van der Waals surface area contributed by atoms with E-state index >= 15 is 0 Å². The highest BCUT2D eigenvalue weighted by Crippen LogP contribution is 2.35. The number of carbonyl (C=O) groups excluding carboxylic acids is 2. The Morgan fingerprint density at radius 1 is 1.28 bits per heavy atom. The van der Waals surface area contributed by atoms with Crippen molar-refractivity contribution in [1.29, 1.82) is 0 Å². The van der Waals surface area contributed by atoms with Crippen LogP contribution < -0.4 is 19.7 Å². The average Bonchev–Trinajstić information content (AvgIpc) is 2.59. The number of aliphatic hydroxyl groups excluding tert-OH is 1. The Bertz CT molecular complexity index is 750. The summed E-state index contributed by atoms with van der Waals surface area (Å²) in [6, 6.07) is 4.50. The molecular formula is C15H21N3O6S. The highest BCUT2D eigenvalue weighted by atomic mass is 32.2. The SMILES string of the molecule is COc1ccc(NC(=O)C(=O)NCCO)cc1N1CCCCS1(=O)=O. The molecule has 0 bridgehead atoms. The van der Waals surface area contributed by atoms with Gasteiger partial charge in [-0.2, -0.15) is 0 Å². The quantitative estimate of drug-likeness (QED) is 0.609. The molecule has 1 aromatic rings. The number of carbonyl (C=O) groups is 2. The molecule has 1 aliphatic rings. The topological polar surface area (TPSA) is 125 Å². The molecule has 0 atom stereocenters. The molecule has 1 aliphatic heterocycles. The van der Waals surface area contributed by atoms with Gasteiger partial charge in [0.15, 0.2) is 0 Å². The zero-order valence-corrected chi connectivity index (χ0v) is 14.6. The lowest BCUT2D eigenvalue weighted by Crippen LogP contribution is -2.38. The molecule has 1 aromatic carbocycles. The number of rotatable bonds is 5. The smallest absolute Gasteiger partial charge is 0.313 e. The summed E-state index contributed by atoms with van der Waals surface area (Å²) < 4.78 is 31.1. The lowest BCUT2D eigenvalue weighted by molar-refractivity contribution is -0.136. The summed E-state index contributed by atoms with van der Waals surface area (Å²) >= 11 is 0. The second-order valence-electron chi connectivity index (χ2n) is 5.42. The lowest BCUT2D eigenvalue weighted by Gasteiger charge is -2.29. The summed E-state index contributed by atoms with van der Waals surface area (Å²) in [5.74, 6) is -1.40. The van der Waals surface area contributed by atoms with Crippen molar-refractivity contribution in [2.75, 3.05) is 42.2 Å². The van der Waals surface area contributed by atoms with Gasteiger partial charge in [0.25, 0.3) is 0 Å². The van der Waals surface area contributed by atoms with Crippen LogP contribution in [0.5, 0.6) is 5.75 Å². The average molecular weight is 371 g/mol. The van der Waals surface area contributed by atoms with Crippen molar-refractivity contribution in [2.24, 2.45) is 0 Å². The molecule has 1 saturated heterocycles. The van der Waals surface area contributed by atoms with Crippen molar-refractivity contribution in [3.8, 4) is 5.75 Å². The van der Waals surface area contributed by atoms with Crippen molar-refractivity contribution in [3.63, 3.8) is 0 Å². The van der Waals surface area contributed by atoms with E-state index in [2.05, 4.69) is 10.6 Å². The molecule has 1 heterocycles. The van der Waals surface area contributed by atoms with E-state index in [4.69, 9.17) is 9.84 Å². The third kappa shape index (κ3) is 4.60. The van der Waals surface area contributed by atoms with Crippen LogP contribution in [0, 0.1) is 0 Å². The van der Waals surface area contributed by atoms with Crippen molar-refractivity contribution < 1.29 is 27.9 Å².